The molecular weight excluding hydrogens is 363 g/mol. The molecule has 0 fully saturated rings. The molecule has 27 heavy (non-hydrogen) atoms. The number of hydrogen-bond donors (Lipinski definition) is 1. The zero-order valence-electron chi connectivity index (χ0n) is 15.1. The normalized spacial score (nSPS) is 11.0. The molecule has 0 aliphatic carbocycles. The number of amides is 1. The highest BCUT2D eigenvalue weighted by atomic mass is 19.4. The van der Waals surface area contributed by atoms with Gasteiger partial charge >= 0.3 is 12.3 Å². The molecule has 0 unspecified atom stereocenters. The molecular formula is C19H20F3NO4. The van der Waals surface area contributed by atoms with E-state index in [1.807, 2.05) is 0 Å². The molecule has 2 aromatic carbocycles. The summed E-state index contributed by atoms with van der Waals surface area (Å²) in [5.74, 6) is 0.0930. The van der Waals surface area contributed by atoms with E-state index in [0.29, 0.717) is 29.2 Å². The predicted molar refractivity (Wildman–Crippen MR) is 94.2 cm³/mol. The monoisotopic (exact) mass is 383 g/mol. The second-order valence-corrected chi connectivity index (χ2v) is 5.62. The molecule has 146 valence electrons. The molecule has 0 saturated heterocycles. The van der Waals surface area contributed by atoms with Gasteiger partial charge in [0.25, 0.3) is 0 Å². The van der Waals surface area contributed by atoms with E-state index in [9.17, 15) is 18.0 Å². The number of aryl methyl sites for hydroxylation is 1. The fourth-order valence-corrected chi connectivity index (χ4v) is 2.42. The lowest BCUT2D eigenvalue weighted by Gasteiger charge is -2.18. The van der Waals surface area contributed by atoms with Gasteiger partial charge in [-0.15, -0.1) is 0 Å². The van der Waals surface area contributed by atoms with Crippen LogP contribution in [0.2, 0.25) is 0 Å². The fraction of sp³-hybridized carbons (Fsp3) is 0.316. The maximum absolute atomic E-state index is 13.3. The molecule has 0 heterocycles. The molecule has 0 atom stereocenters. The number of ether oxygens (including phenoxy) is 3. The highest BCUT2D eigenvalue weighted by Crippen LogP contribution is 2.38. The molecule has 2 aromatic rings. The SMILES string of the molecule is CCOc1cccc(NC(=O)OC)c1COc1ccc(C)cc1C(F)(F)F. The highest BCUT2D eigenvalue weighted by molar-refractivity contribution is 5.86. The van der Waals surface area contributed by atoms with Crippen molar-refractivity contribution in [3.63, 3.8) is 0 Å². The summed E-state index contributed by atoms with van der Waals surface area (Å²) in [7, 11) is 1.21. The van der Waals surface area contributed by atoms with Gasteiger partial charge in [0.15, 0.2) is 0 Å². The largest absolute Gasteiger partial charge is 0.493 e. The summed E-state index contributed by atoms with van der Waals surface area (Å²) in [6.07, 6.45) is -5.26. The molecule has 2 rings (SSSR count). The summed E-state index contributed by atoms with van der Waals surface area (Å²) in [5, 5.41) is 2.51. The first kappa shape index (κ1) is 20.4. The van der Waals surface area contributed by atoms with Gasteiger partial charge in [0.05, 0.1) is 30.5 Å². The third kappa shape index (κ3) is 5.29. The molecule has 0 saturated carbocycles. The number of methoxy groups -OCH3 is 1. The summed E-state index contributed by atoms with van der Waals surface area (Å²) in [6, 6.07) is 8.70. The van der Waals surface area contributed by atoms with Gasteiger partial charge in [0, 0.05) is 0 Å². The van der Waals surface area contributed by atoms with Gasteiger partial charge in [-0.2, -0.15) is 13.2 Å². The first-order valence-corrected chi connectivity index (χ1v) is 8.16. The van der Waals surface area contributed by atoms with Crippen LogP contribution < -0.4 is 14.8 Å². The van der Waals surface area contributed by atoms with E-state index in [1.165, 1.54) is 19.2 Å². The van der Waals surface area contributed by atoms with Crippen LogP contribution in [0.3, 0.4) is 0 Å². The van der Waals surface area contributed by atoms with Crippen LogP contribution in [0.25, 0.3) is 0 Å². The van der Waals surface area contributed by atoms with Crippen LogP contribution in [-0.4, -0.2) is 19.8 Å². The molecule has 0 spiro atoms. The number of alkyl halides is 3. The number of carbonyl (C=O) groups excluding carboxylic acids is 1. The Kier molecular flexibility index (Phi) is 6.55. The first-order chi connectivity index (χ1) is 12.8. The Morgan fingerprint density at radius 3 is 2.48 bits per heavy atom. The van der Waals surface area contributed by atoms with E-state index in [1.54, 1.807) is 32.0 Å². The summed E-state index contributed by atoms with van der Waals surface area (Å²) in [5.41, 5.74) is 0.336. The van der Waals surface area contributed by atoms with Crippen molar-refractivity contribution < 1.29 is 32.2 Å². The first-order valence-electron chi connectivity index (χ1n) is 8.16. The van der Waals surface area contributed by atoms with Crippen molar-refractivity contribution in [2.75, 3.05) is 19.0 Å². The Morgan fingerprint density at radius 2 is 1.85 bits per heavy atom. The molecule has 1 N–H and O–H groups in total. The topological polar surface area (TPSA) is 56.8 Å². The lowest BCUT2D eigenvalue weighted by atomic mass is 10.1. The van der Waals surface area contributed by atoms with E-state index >= 15 is 0 Å². The molecule has 0 aromatic heterocycles. The van der Waals surface area contributed by atoms with Gasteiger partial charge in [0.2, 0.25) is 0 Å². The van der Waals surface area contributed by atoms with Gasteiger partial charge in [-0.1, -0.05) is 17.7 Å². The third-order valence-electron chi connectivity index (χ3n) is 3.67. The number of carbonyl (C=O) groups is 1. The van der Waals surface area contributed by atoms with Gasteiger partial charge in [-0.25, -0.2) is 4.79 Å². The summed E-state index contributed by atoms with van der Waals surface area (Å²) < 4.78 is 55.3. The summed E-state index contributed by atoms with van der Waals surface area (Å²) in [6.45, 7) is 3.45. The fourth-order valence-electron chi connectivity index (χ4n) is 2.42. The maximum atomic E-state index is 13.3. The number of benzene rings is 2. The Hall–Kier alpha value is -2.90. The van der Waals surface area contributed by atoms with E-state index in [0.717, 1.165) is 6.07 Å². The van der Waals surface area contributed by atoms with Gasteiger partial charge in [-0.05, 0) is 38.1 Å². The van der Waals surface area contributed by atoms with E-state index in [4.69, 9.17) is 9.47 Å². The van der Waals surface area contributed by atoms with Crippen LogP contribution >= 0.6 is 0 Å². The molecule has 0 radical (unpaired) electrons. The zero-order chi connectivity index (χ0) is 20.0. The lowest BCUT2D eigenvalue weighted by molar-refractivity contribution is -0.139. The minimum absolute atomic E-state index is 0.234. The number of anilines is 1. The lowest BCUT2D eigenvalue weighted by Crippen LogP contribution is -2.15. The minimum Gasteiger partial charge on any atom is -0.493 e. The second kappa shape index (κ2) is 8.66. The Balaban J connectivity index is 2.36. The molecule has 0 bridgehead atoms. The zero-order valence-corrected chi connectivity index (χ0v) is 15.1. The second-order valence-electron chi connectivity index (χ2n) is 5.62. The van der Waals surface area contributed by atoms with Gasteiger partial charge in [0.1, 0.15) is 18.1 Å². The van der Waals surface area contributed by atoms with Crippen LogP contribution in [0.5, 0.6) is 11.5 Å². The smallest absolute Gasteiger partial charge is 0.419 e. The van der Waals surface area contributed by atoms with E-state index < -0.39 is 17.8 Å². The maximum Gasteiger partial charge on any atom is 0.419 e. The van der Waals surface area contributed by atoms with Crippen molar-refractivity contribution in [3.05, 3.63) is 53.1 Å². The predicted octanol–water partition coefficient (Wildman–Crippen LogP) is 5.17. The average molecular weight is 383 g/mol. The Labute approximate surface area is 155 Å². The van der Waals surface area contributed by atoms with Gasteiger partial charge < -0.3 is 14.2 Å². The number of nitrogens with one attached hydrogen (secondary N) is 1. The number of rotatable bonds is 6. The van der Waals surface area contributed by atoms with Crippen molar-refractivity contribution in [3.8, 4) is 11.5 Å². The van der Waals surface area contributed by atoms with Crippen LogP contribution in [0.1, 0.15) is 23.6 Å². The number of hydrogen-bond acceptors (Lipinski definition) is 4. The highest BCUT2D eigenvalue weighted by Gasteiger charge is 2.34. The quantitative estimate of drug-likeness (QED) is 0.748. The van der Waals surface area contributed by atoms with Crippen molar-refractivity contribution in [2.24, 2.45) is 0 Å². The molecule has 0 aliphatic heterocycles. The van der Waals surface area contributed by atoms with Gasteiger partial charge in [-0.3, -0.25) is 5.32 Å². The average Bonchev–Trinajstić information content (AvgIpc) is 2.61. The Bertz CT molecular complexity index is 806. The van der Waals surface area contributed by atoms with Crippen LogP contribution in [0.15, 0.2) is 36.4 Å². The van der Waals surface area contributed by atoms with E-state index in [-0.39, 0.29) is 12.4 Å². The van der Waals surface area contributed by atoms with Crippen molar-refractivity contribution >= 4 is 11.8 Å². The van der Waals surface area contributed by atoms with E-state index in [2.05, 4.69) is 10.1 Å². The van der Waals surface area contributed by atoms with Crippen molar-refractivity contribution in [1.29, 1.82) is 0 Å². The molecule has 5 nitrogen and oxygen atoms in total. The van der Waals surface area contributed by atoms with Crippen molar-refractivity contribution in [1.82, 2.24) is 0 Å². The summed E-state index contributed by atoms with van der Waals surface area (Å²) in [4.78, 5) is 11.5. The Morgan fingerprint density at radius 1 is 1.11 bits per heavy atom. The van der Waals surface area contributed by atoms with Crippen LogP contribution in [0, 0.1) is 6.92 Å². The van der Waals surface area contributed by atoms with Crippen molar-refractivity contribution in [2.45, 2.75) is 26.6 Å². The third-order valence-corrected chi connectivity index (χ3v) is 3.67. The summed E-state index contributed by atoms with van der Waals surface area (Å²) >= 11 is 0. The number of halogens is 3. The molecule has 0 aliphatic rings. The molecule has 8 heteroatoms. The van der Waals surface area contributed by atoms with Crippen LogP contribution in [-0.2, 0) is 17.5 Å². The molecule has 1 amide bonds. The standard InChI is InChI=1S/C19H20F3NO4/c1-4-26-16-7-5-6-15(23-18(24)25-3)13(16)11-27-17-9-8-12(2)10-14(17)19(20,21)22/h5-10H,4,11H2,1-3H3,(H,23,24). The van der Waals surface area contributed by atoms with Crippen LogP contribution in [0.4, 0.5) is 23.7 Å². The minimum atomic E-state index is -4.55.